The Morgan fingerprint density at radius 3 is 2.70 bits per heavy atom. The Labute approximate surface area is 250 Å². The van der Waals surface area contributed by atoms with Crippen LogP contribution in [0.4, 0.5) is 5.82 Å². The van der Waals surface area contributed by atoms with Crippen molar-refractivity contribution in [3.63, 3.8) is 0 Å². The van der Waals surface area contributed by atoms with Crippen molar-refractivity contribution in [1.82, 2.24) is 19.7 Å². The molecule has 1 aromatic carbocycles. The predicted molar refractivity (Wildman–Crippen MR) is 161 cm³/mol. The number of carbonyl (C=O) groups excluding carboxylic acids is 1. The van der Waals surface area contributed by atoms with Crippen LogP contribution in [0.5, 0.6) is 5.75 Å². The number of esters is 1. The molecular formula is C29H39N6O7P. The number of nitriles is 1. The fourth-order valence-electron chi connectivity index (χ4n) is 4.90. The minimum absolute atomic E-state index is 0.129. The van der Waals surface area contributed by atoms with Gasteiger partial charge in [-0.15, -0.1) is 0 Å². The number of hydrogen-bond donors (Lipinski definition) is 4. The van der Waals surface area contributed by atoms with Gasteiger partial charge in [-0.05, 0) is 43.4 Å². The van der Waals surface area contributed by atoms with Crippen molar-refractivity contribution in [2.75, 3.05) is 18.9 Å². The maximum Gasteiger partial charge on any atom is 0.323 e. The molecule has 1 saturated heterocycles. The van der Waals surface area contributed by atoms with Crippen molar-refractivity contribution in [1.29, 1.82) is 5.26 Å². The highest BCUT2D eigenvalue weighted by Crippen LogP contribution is 2.47. The number of nitrogens with zero attached hydrogens (tertiary/aromatic N) is 4. The minimum atomic E-state index is -3.35. The highest BCUT2D eigenvalue weighted by Gasteiger charge is 2.51. The molecule has 0 bridgehead atoms. The number of benzene rings is 1. The van der Waals surface area contributed by atoms with Gasteiger partial charge in [-0.3, -0.25) is 4.79 Å². The molecule has 6 atom stereocenters. The SMILES string of the molecule is C=P(N[C@@H](C)C(=O)OCC(CC)CC)(Oc1ccccc1)OC1CO[C@@](C#N)(c2ccc3c(N)ncnn23)[C@H](O)[C@H](O)C1. The van der Waals surface area contributed by atoms with Gasteiger partial charge in [0.15, 0.2) is 5.82 Å². The number of para-hydroxylation sites is 1. The first kappa shape index (κ1) is 32.4. The highest BCUT2D eigenvalue weighted by molar-refractivity contribution is 7.62. The summed E-state index contributed by atoms with van der Waals surface area (Å²) in [7, 11) is -3.35. The number of nitrogen functional groups attached to an aromatic ring is 1. The van der Waals surface area contributed by atoms with Crippen molar-refractivity contribution in [3.05, 3.63) is 54.5 Å². The van der Waals surface area contributed by atoms with E-state index in [4.69, 9.17) is 24.3 Å². The van der Waals surface area contributed by atoms with Gasteiger partial charge in [0.25, 0.3) is 0 Å². The van der Waals surface area contributed by atoms with Crippen LogP contribution in [0.2, 0.25) is 0 Å². The van der Waals surface area contributed by atoms with Crippen molar-refractivity contribution >= 4 is 31.1 Å². The van der Waals surface area contributed by atoms with Gasteiger partial charge < -0.3 is 34.5 Å². The van der Waals surface area contributed by atoms with E-state index in [1.807, 2.05) is 26.0 Å². The van der Waals surface area contributed by atoms with E-state index in [-0.39, 0.29) is 30.5 Å². The van der Waals surface area contributed by atoms with Crippen molar-refractivity contribution in [2.45, 2.75) is 70.0 Å². The van der Waals surface area contributed by atoms with Crippen LogP contribution in [-0.4, -0.2) is 74.6 Å². The first-order chi connectivity index (χ1) is 20.6. The lowest BCUT2D eigenvalue weighted by molar-refractivity contribution is -0.146. The van der Waals surface area contributed by atoms with Gasteiger partial charge in [0.05, 0.1) is 31.1 Å². The number of nitrogens with one attached hydrogen (secondary N) is 1. The van der Waals surface area contributed by atoms with Crippen LogP contribution >= 0.6 is 7.49 Å². The zero-order valence-corrected chi connectivity index (χ0v) is 25.4. The molecule has 1 aliphatic heterocycles. The molecule has 1 fully saturated rings. The molecule has 43 heavy (non-hydrogen) atoms. The van der Waals surface area contributed by atoms with Crippen LogP contribution in [0.1, 0.15) is 45.7 Å². The second kappa shape index (κ2) is 13.9. The molecule has 5 N–H and O–H groups in total. The van der Waals surface area contributed by atoms with Crippen LogP contribution < -0.4 is 15.3 Å². The van der Waals surface area contributed by atoms with Gasteiger partial charge >= 0.3 is 5.97 Å². The quantitative estimate of drug-likeness (QED) is 0.173. The summed E-state index contributed by atoms with van der Waals surface area (Å²) in [6.45, 7) is 5.77. The third-order valence-electron chi connectivity index (χ3n) is 7.49. The zero-order chi connectivity index (χ0) is 31.2. The molecule has 13 nitrogen and oxygen atoms in total. The molecule has 2 aromatic heterocycles. The summed E-state index contributed by atoms with van der Waals surface area (Å²) in [5.74, 6) is 0.374. The topological polar surface area (TPSA) is 186 Å². The molecule has 0 radical (unpaired) electrons. The van der Waals surface area contributed by atoms with E-state index in [9.17, 15) is 20.3 Å². The summed E-state index contributed by atoms with van der Waals surface area (Å²) in [6, 6.07) is 13.1. The number of fused-ring (bicyclic) bond motifs is 1. The summed E-state index contributed by atoms with van der Waals surface area (Å²) in [4.78, 5) is 16.8. The fraction of sp³-hybridized carbons (Fsp3) is 0.483. The molecule has 0 saturated carbocycles. The van der Waals surface area contributed by atoms with Crippen molar-refractivity contribution in [2.24, 2.45) is 5.92 Å². The molecule has 0 spiro atoms. The van der Waals surface area contributed by atoms with E-state index in [1.54, 1.807) is 37.3 Å². The molecule has 0 amide bonds. The molecule has 3 aromatic rings. The minimum Gasteiger partial charge on any atom is -0.464 e. The molecule has 14 heteroatoms. The number of rotatable bonds is 12. The lowest BCUT2D eigenvalue weighted by atomic mass is 9.89. The Bertz CT molecular complexity index is 1480. The largest absolute Gasteiger partial charge is 0.464 e. The average molecular weight is 615 g/mol. The monoisotopic (exact) mass is 614 g/mol. The maximum absolute atomic E-state index is 12.9. The Morgan fingerprint density at radius 2 is 2.02 bits per heavy atom. The van der Waals surface area contributed by atoms with Gasteiger partial charge in [0.2, 0.25) is 13.1 Å². The lowest BCUT2D eigenvalue weighted by Crippen LogP contribution is -2.47. The molecule has 3 heterocycles. The number of carbonyl (C=O) groups is 1. The normalized spacial score (nSPS) is 24.5. The Morgan fingerprint density at radius 1 is 1.30 bits per heavy atom. The van der Waals surface area contributed by atoms with Crippen molar-refractivity contribution < 1.29 is 33.5 Å². The molecule has 4 rings (SSSR count). The van der Waals surface area contributed by atoms with Gasteiger partial charge in [0.1, 0.15) is 35.8 Å². The van der Waals surface area contributed by atoms with E-state index >= 15 is 0 Å². The third-order valence-corrected chi connectivity index (χ3v) is 9.41. The second-order valence-corrected chi connectivity index (χ2v) is 12.5. The summed E-state index contributed by atoms with van der Waals surface area (Å²) in [6.07, 6.45) is 3.01. The van der Waals surface area contributed by atoms with Crippen LogP contribution in [0.3, 0.4) is 0 Å². The number of aliphatic hydroxyl groups excluding tert-OH is 2. The molecular weight excluding hydrogens is 575 g/mol. The Hall–Kier alpha value is -3.50. The van der Waals surface area contributed by atoms with Crippen molar-refractivity contribution in [3.8, 4) is 11.8 Å². The number of aromatic nitrogens is 3. The number of aliphatic hydroxyl groups is 2. The summed E-state index contributed by atoms with van der Waals surface area (Å²) < 4.78 is 25.4. The summed E-state index contributed by atoms with van der Waals surface area (Å²) in [5.41, 5.74) is 4.50. The van der Waals surface area contributed by atoms with E-state index in [1.165, 1.54) is 16.9 Å². The lowest BCUT2D eigenvalue weighted by Gasteiger charge is -2.32. The highest BCUT2D eigenvalue weighted by atomic mass is 31.2. The second-order valence-electron chi connectivity index (χ2n) is 10.5. The Balaban J connectivity index is 1.58. The van der Waals surface area contributed by atoms with Gasteiger partial charge in [-0.2, -0.15) is 10.4 Å². The van der Waals surface area contributed by atoms with Gasteiger partial charge in [-0.1, -0.05) is 44.9 Å². The average Bonchev–Trinajstić information content (AvgIpc) is 3.39. The van der Waals surface area contributed by atoms with Gasteiger partial charge in [-0.25, -0.2) is 14.6 Å². The molecule has 232 valence electrons. The fourth-order valence-corrected chi connectivity index (χ4v) is 6.85. The number of nitrogens with two attached hydrogens (primary N) is 1. The number of hydrogen-bond acceptors (Lipinski definition) is 12. The van der Waals surface area contributed by atoms with E-state index < -0.39 is 43.4 Å². The third kappa shape index (κ3) is 7.18. The van der Waals surface area contributed by atoms with Crippen LogP contribution in [0.15, 0.2) is 48.8 Å². The molecule has 0 aliphatic carbocycles. The summed E-state index contributed by atoms with van der Waals surface area (Å²) in [5, 5.41) is 39.8. The van der Waals surface area contributed by atoms with Crippen LogP contribution in [0, 0.1) is 17.2 Å². The molecule has 2 unspecified atom stereocenters. The number of anilines is 1. The van der Waals surface area contributed by atoms with Crippen LogP contribution in [0.25, 0.3) is 5.52 Å². The van der Waals surface area contributed by atoms with Crippen LogP contribution in [-0.2, 0) is 24.4 Å². The van der Waals surface area contributed by atoms with E-state index in [2.05, 4.69) is 21.5 Å². The smallest absolute Gasteiger partial charge is 0.323 e. The Kier molecular flexibility index (Phi) is 10.4. The zero-order valence-electron chi connectivity index (χ0n) is 24.5. The predicted octanol–water partition coefficient (Wildman–Crippen LogP) is 2.79. The maximum atomic E-state index is 12.9. The summed E-state index contributed by atoms with van der Waals surface area (Å²) >= 11 is 0. The standard InChI is InChI=1S/C29H39N6O7P/c1-5-20(6-2)15-39-28(38)19(3)34-43(4,41-21-10-8-7-9-11-21)42-22-14-24(36)26(37)29(17-30,40-16-22)25-13-12-23-27(31)32-18-33-35(23)25/h7-13,18-20,22,24,26,34,36-37H,4-6,14-16H2,1-3H3,(H2,31,32,33)/t19-,22?,24+,26+,29-,43?/m0/s1. The van der Waals surface area contributed by atoms with Gasteiger partial charge in [0, 0.05) is 6.42 Å². The molecule has 1 aliphatic rings. The first-order valence-electron chi connectivity index (χ1n) is 14.2. The first-order valence-corrected chi connectivity index (χ1v) is 16.0. The van der Waals surface area contributed by atoms with E-state index in [0.29, 0.717) is 17.9 Å². The number of ether oxygens (including phenoxy) is 2. The van der Waals surface area contributed by atoms with E-state index in [0.717, 1.165) is 12.8 Å².